The monoisotopic (exact) mass is 540 g/mol. The van der Waals surface area contributed by atoms with Gasteiger partial charge in [-0.15, -0.1) is 0 Å². The minimum absolute atomic E-state index is 0. The number of carbonyl (C=O) groups excluding carboxylic acids is 3. The maximum Gasteiger partial charge on any atom is 0.333 e. The summed E-state index contributed by atoms with van der Waals surface area (Å²) in [6.45, 7) is 12.7. The number of hydrogen-bond acceptors (Lipinski definition) is 9. The van der Waals surface area contributed by atoms with Gasteiger partial charge in [-0.2, -0.15) is 0 Å². The van der Waals surface area contributed by atoms with Crippen LogP contribution < -0.4 is 5.11 Å². The SMILES string of the molecule is C.C.C=C(C)C(=O)OCC[N+](C)(C)CCC(=O)[O-].C=C(C)C(=O)OCC[N+](C)(C)CCCS(=O)(=O)[O-]. The van der Waals surface area contributed by atoms with E-state index in [4.69, 9.17) is 9.47 Å². The Morgan fingerprint density at radius 3 is 1.44 bits per heavy atom. The fourth-order valence-corrected chi connectivity index (χ4v) is 2.79. The molecule has 0 unspecified atom stereocenters. The first kappa shape index (κ1) is 40.9. The van der Waals surface area contributed by atoms with Gasteiger partial charge in [-0.1, -0.05) is 28.0 Å². The highest BCUT2D eigenvalue weighted by Crippen LogP contribution is 2.02. The highest BCUT2D eigenvalue weighted by molar-refractivity contribution is 7.85. The Morgan fingerprint density at radius 2 is 1.14 bits per heavy atom. The molecule has 0 aromatic heterocycles. The standard InChI is InChI=1S/C11H21NO5S.C11H19NO4.2CH4/c1-10(2)11(13)17-8-7-12(3,4)6-5-9-18(14,15)16;1-9(2)11(15)16-8-7-12(3,4)6-5-10(13)14;;/h1,5-9H2,2-4H3;1,5-8H2,2-4H3;2*1H4. The zero-order valence-electron chi connectivity index (χ0n) is 21.3. The van der Waals surface area contributed by atoms with Crippen LogP contribution in [0.4, 0.5) is 0 Å². The minimum atomic E-state index is -4.15. The average Bonchev–Trinajstić information content (AvgIpc) is 2.65. The molecule has 0 heterocycles. The van der Waals surface area contributed by atoms with Crippen LogP contribution in [-0.2, 0) is 34.0 Å². The number of hydrogen-bond donors (Lipinski definition) is 0. The van der Waals surface area contributed by atoms with Crippen molar-refractivity contribution in [1.29, 1.82) is 0 Å². The Morgan fingerprint density at radius 1 is 0.778 bits per heavy atom. The normalized spacial score (nSPS) is 11.0. The summed E-state index contributed by atoms with van der Waals surface area (Å²) in [4.78, 5) is 32.5. The number of aliphatic carboxylic acids is 1. The molecule has 0 aromatic rings. The number of nitrogens with zero attached hydrogens (tertiary/aromatic N) is 2. The third kappa shape index (κ3) is 26.3. The number of likely N-dealkylation sites (N-methyl/N-ethyl adjacent to an activating group) is 2. The summed E-state index contributed by atoms with van der Waals surface area (Å²) >= 11 is 0. The molecule has 0 bridgehead atoms. The number of rotatable bonds is 15. The van der Waals surface area contributed by atoms with E-state index in [0.29, 0.717) is 52.7 Å². The maximum atomic E-state index is 11.1. The summed E-state index contributed by atoms with van der Waals surface area (Å²) in [6, 6.07) is 0. The van der Waals surface area contributed by atoms with Gasteiger partial charge in [0.2, 0.25) is 0 Å². The van der Waals surface area contributed by atoms with Gasteiger partial charge in [-0.05, 0) is 13.8 Å². The molecule has 0 amide bonds. The maximum absolute atomic E-state index is 11.1. The fraction of sp³-hybridized carbons (Fsp3) is 0.708. The van der Waals surface area contributed by atoms with Crippen molar-refractivity contribution in [3.05, 3.63) is 24.3 Å². The Bertz CT molecular complexity index is 819. The second kappa shape index (κ2) is 18.9. The van der Waals surface area contributed by atoms with Crippen LogP contribution in [0.3, 0.4) is 0 Å². The lowest BCUT2D eigenvalue weighted by Crippen LogP contribution is -2.45. The summed E-state index contributed by atoms with van der Waals surface area (Å²) < 4.78 is 42.2. The number of carboxylic acid groups (broad SMARTS) is 1. The summed E-state index contributed by atoms with van der Waals surface area (Å²) in [5, 5.41) is 10.3. The van der Waals surface area contributed by atoms with E-state index in [0.717, 1.165) is 0 Å². The fourth-order valence-electron chi connectivity index (χ4n) is 2.30. The number of esters is 2. The second-order valence-electron chi connectivity index (χ2n) is 9.34. The molecule has 0 aliphatic heterocycles. The van der Waals surface area contributed by atoms with Crippen molar-refractivity contribution in [2.45, 2.75) is 41.5 Å². The van der Waals surface area contributed by atoms with Crippen LogP contribution in [-0.4, -0.2) is 113 Å². The van der Waals surface area contributed by atoms with Crippen molar-refractivity contribution in [3.63, 3.8) is 0 Å². The van der Waals surface area contributed by atoms with Crippen LogP contribution >= 0.6 is 0 Å². The molecule has 0 spiro atoms. The second-order valence-corrected chi connectivity index (χ2v) is 10.9. The van der Waals surface area contributed by atoms with Gasteiger partial charge >= 0.3 is 11.9 Å². The van der Waals surface area contributed by atoms with E-state index in [2.05, 4.69) is 13.2 Å². The molecule has 36 heavy (non-hydrogen) atoms. The van der Waals surface area contributed by atoms with Crippen molar-refractivity contribution < 1.29 is 50.9 Å². The van der Waals surface area contributed by atoms with Crippen LogP contribution in [0.15, 0.2) is 24.3 Å². The van der Waals surface area contributed by atoms with Crippen LogP contribution in [0.2, 0.25) is 0 Å². The first-order valence-electron chi connectivity index (χ1n) is 10.7. The number of quaternary nitrogens is 2. The molecule has 0 fully saturated rings. The lowest BCUT2D eigenvalue weighted by Gasteiger charge is -2.29. The molecule has 0 atom stereocenters. The van der Waals surface area contributed by atoms with Gasteiger partial charge in [0.1, 0.15) is 26.3 Å². The molecule has 0 rings (SSSR count). The van der Waals surface area contributed by atoms with E-state index in [9.17, 15) is 32.5 Å². The Labute approximate surface area is 218 Å². The van der Waals surface area contributed by atoms with Crippen molar-refractivity contribution >= 4 is 28.0 Å². The van der Waals surface area contributed by atoms with E-state index < -0.39 is 28.0 Å². The van der Waals surface area contributed by atoms with Crippen molar-refractivity contribution in [2.24, 2.45) is 0 Å². The third-order valence-corrected chi connectivity index (χ3v) is 5.42. The van der Waals surface area contributed by atoms with Crippen LogP contribution in [0.1, 0.15) is 41.5 Å². The van der Waals surface area contributed by atoms with Gasteiger partial charge < -0.3 is 32.9 Å². The first-order chi connectivity index (χ1) is 15.3. The quantitative estimate of drug-likeness (QED) is 0.127. The lowest BCUT2D eigenvalue weighted by molar-refractivity contribution is -0.890. The molecular formula is C24H48N2O9S. The molecule has 0 aliphatic carbocycles. The highest BCUT2D eigenvalue weighted by Gasteiger charge is 2.17. The van der Waals surface area contributed by atoms with Gasteiger partial charge in [0, 0.05) is 35.7 Å². The van der Waals surface area contributed by atoms with E-state index >= 15 is 0 Å². The summed E-state index contributed by atoms with van der Waals surface area (Å²) in [7, 11) is 3.36. The first-order valence-corrected chi connectivity index (χ1v) is 12.3. The van der Waals surface area contributed by atoms with Crippen LogP contribution in [0.5, 0.6) is 0 Å². The zero-order valence-corrected chi connectivity index (χ0v) is 22.1. The van der Waals surface area contributed by atoms with E-state index in [1.54, 1.807) is 13.8 Å². The van der Waals surface area contributed by atoms with Gasteiger partial charge in [-0.3, -0.25) is 0 Å². The largest absolute Gasteiger partial charge is 0.748 e. The van der Waals surface area contributed by atoms with Crippen molar-refractivity contribution in [1.82, 2.24) is 0 Å². The number of ether oxygens (including phenoxy) is 2. The van der Waals surface area contributed by atoms with Crippen molar-refractivity contribution in [2.75, 3.05) is 73.3 Å². The highest BCUT2D eigenvalue weighted by atomic mass is 32.2. The lowest BCUT2D eigenvalue weighted by atomic mass is 10.3. The predicted molar refractivity (Wildman–Crippen MR) is 137 cm³/mol. The van der Waals surface area contributed by atoms with E-state index in [-0.39, 0.29) is 40.2 Å². The molecule has 0 aliphatic rings. The minimum Gasteiger partial charge on any atom is -0.748 e. The van der Waals surface area contributed by atoms with Gasteiger partial charge in [0.25, 0.3) is 0 Å². The molecule has 0 radical (unpaired) electrons. The molecule has 0 saturated carbocycles. The Hall–Kier alpha value is -2.28. The molecule has 11 nitrogen and oxygen atoms in total. The van der Waals surface area contributed by atoms with Crippen molar-refractivity contribution in [3.8, 4) is 0 Å². The molecular weight excluding hydrogens is 492 g/mol. The molecule has 0 N–H and O–H groups in total. The smallest absolute Gasteiger partial charge is 0.333 e. The molecule has 214 valence electrons. The van der Waals surface area contributed by atoms with Gasteiger partial charge in [0.15, 0.2) is 0 Å². The Balaban J connectivity index is -0.000000271. The summed E-state index contributed by atoms with van der Waals surface area (Å²) in [5.74, 6) is -2.28. The molecule has 0 saturated heterocycles. The topological polar surface area (TPSA) is 150 Å². The summed E-state index contributed by atoms with van der Waals surface area (Å²) in [5.41, 5.74) is 0.706. The third-order valence-electron chi connectivity index (χ3n) is 4.64. The van der Waals surface area contributed by atoms with E-state index in [1.165, 1.54) is 0 Å². The van der Waals surface area contributed by atoms with Crippen LogP contribution in [0.25, 0.3) is 0 Å². The van der Waals surface area contributed by atoms with Gasteiger partial charge in [-0.25, -0.2) is 18.0 Å². The molecule has 0 aromatic carbocycles. The Kier molecular flexibility index (Phi) is 21.5. The van der Waals surface area contributed by atoms with Crippen LogP contribution in [0, 0.1) is 0 Å². The van der Waals surface area contributed by atoms with Gasteiger partial charge in [0.05, 0.1) is 51.4 Å². The predicted octanol–water partition coefficient (Wildman–Crippen LogP) is 0.712. The summed E-state index contributed by atoms with van der Waals surface area (Å²) in [6.07, 6.45) is 0.300. The van der Waals surface area contributed by atoms with E-state index in [1.807, 2.05) is 28.2 Å². The average molecular weight is 541 g/mol. The number of carboxylic acids is 1. The zero-order chi connectivity index (χ0) is 27.2. The number of carbonyl (C=O) groups is 3. The molecule has 12 heteroatoms.